The molecule has 1 heterocycles. The average molecular weight is 927 g/mol. The minimum absolute atomic E-state index is 0.0897. The fourth-order valence-electron chi connectivity index (χ4n) is 7.51. The predicted octanol–water partition coefficient (Wildman–Crippen LogP) is 5.43. The van der Waals surface area contributed by atoms with Gasteiger partial charge in [0, 0.05) is 30.0 Å². The van der Waals surface area contributed by atoms with Crippen LogP contribution in [-0.2, 0) is 51.0 Å². The number of rotatable bonds is 29. The number of hydrogen-bond donors (Lipinski definition) is 6. The lowest BCUT2D eigenvalue weighted by molar-refractivity contribution is -0.159. The number of carbonyl (C=O) groups is 6. The molecule has 7 atom stereocenters. The molecule has 1 aromatic carbocycles. The Kier molecular flexibility index (Phi) is 24.4. The van der Waals surface area contributed by atoms with Crippen molar-refractivity contribution in [2.45, 2.75) is 157 Å². The van der Waals surface area contributed by atoms with Crippen molar-refractivity contribution >= 4 is 58.5 Å². The van der Waals surface area contributed by atoms with Crippen molar-refractivity contribution in [2.75, 3.05) is 30.3 Å². The maximum Gasteiger partial charge on any atom is 0.333 e. The Bertz CT molecular complexity index is 1740. The van der Waals surface area contributed by atoms with Crippen molar-refractivity contribution in [3.8, 4) is 11.5 Å². The van der Waals surface area contributed by atoms with E-state index in [1.807, 2.05) is 20.8 Å². The average Bonchev–Trinajstić information content (AvgIpc) is 3.20. The van der Waals surface area contributed by atoms with Gasteiger partial charge in [-0.3, -0.25) is 24.0 Å². The smallest absolute Gasteiger partial charge is 0.333 e. The van der Waals surface area contributed by atoms with Crippen LogP contribution in [0.4, 0.5) is 0 Å². The Morgan fingerprint density at radius 1 is 0.825 bits per heavy atom. The Balaban J connectivity index is 2.02. The van der Waals surface area contributed by atoms with Gasteiger partial charge in [0.2, 0.25) is 11.8 Å². The molecule has 2 rings (SSSR count). The van der Waals surface area contributed by atoms with Gasteiger partial charge in [-0.1, -0.05) is 72.6 Å². The number of nitrogens with two attached hydrogens (primary N) is 2. The number of esters is 3. The van der Waals surface area contributed by atoms with E-state index in [-0.39, 0.29) is 35.8 Å². The fraction of sp³-hybridized carbons (Fsp3) is 0.733. The van der Waals surface area contributed by atoms with E-state index in [2.05, 4.69) is 50.0 Å². The van der Waals surface area contributed by atoms with Crippen molar-refractivity contribution in [3.05, 3.63) is 22.3 Å². The summed E-state index contributed by atoms with van der Waals surface area (Å²) in [4.78, 5) is 74.3. The van der Waals surface area contributed by atoms with Crippen LogP contribution in [0, 0.1) is 44.4 Å². The zero-order valence-electron chi connectivity index (χ0n) is 38.6. The Hall–Kier alpha value is -3.58. The SMILES string of the molecule is Cc1c(C)c2c(c(C)c1OC(=O)C(CSC[C@H](N)C(=O)NCC(=O)OC(=O)CC[C@H](N)C(=O)O)C(=O)NCCS(=O)O)CCC(C)(CCCC(C)CCCC(C)CCCC(C)C)O2. The molecule has 18 heteroatoms. The van der Waals surface area contributed by atoms with Gasteiger partial charge in [-0.2, -0.15) is 11.8 Å². The van der Waals surface area contributed by atoms with Gasteiger partial charge in [0.05, 0.1) is 11.8 Å². The molecule has 0 bridgehead atoms. The number of ether oxygens (including phenoxy) is 3. The van der Waals surface area contributed by atoms with Crippen LogP contribution in [0.1, 0.15) is 134 Å². The van der Waals surface area contributed by atoms with Gasteiger partial charge in [-0.15, -0.1) is 0 Å². The van der Waals surface area contributed by atoms with Gasteiger partial charge in [0.15, 0.2) is 11.1 Å². The van der Waals surface area contributed by atoms with Crippen LogP contribution in [-0.4, -0.2) is 97.6 Å². The molecule has 0 saturated carbocycles. The number of carbonyl (C=O) groups excluding carboxylic acids is 5. The van der Waals surface area contributed by atoms with Gasteiger partial charge in [-0.25, -0.2) is 9.00 Å². The third-order valence-corrected chi connectivity index (χ3v) is 13.5. The molecule has 0 fully saturated rings. The molecule has 63 heavy (non-hydrogen) atoms. The van der Waals surface area contributed by atoms with Crippen molar-refractivity contribution in [2.24, 2.45) is 35.1 Å². The van der Waals surface area contributed by atoms with Crippen LogP contribution in [0.2, 0.25) is 0 Å². The third kappa shape index (κ3) is 20.0. The molecule has 0 saturated heterocycles. The van der Waals surface area contributed by atoms with E-state index in [0.29, 0.717) is 17.2 Å². The molecule has 0 radical (unpaired) electrons. The summed E-state index contributed by atoms with van der Waals surface area (Å²) in [6, 6.07) is -2.50. The van der Waals surface area contributed by atoms with Gasteiger partial charge in [-0.05, 0) is 94.2 Å². The van der Waals surface area contributed by atoms with Crippen molar-refractivity contribution in [3.63, 3.8) is 0 Å². The normalized spacial score (nSPS) is 17.6. The molecule has 0 aliphatic carbocycles. The summed E-state index contributed by atoms with van der Waals surface area (Å²) in [6.45, 7) is 16.2. The Morgan fingerprint density at radius 2 is 1.44 bits per heavy atom. The van der Waals surface area contributed by atoms with E-state index in [1.54, 1.807) is 0 Å². The zero-order valence-corrected chi connectivity index (χ0v) is 40.3. The number of benzene rings is 1. The highest BCUT2D eigenvalue weighted by Gasteiger charge is 2.36. The Labute approximate surface area is 380 Å². The van der Waals surface area contributed by atoms with Crippen molar-refractivity contribution in [1.82, 2.24) is 10.6 Å². The monoisotopic (exact) mass is 926 g/mol. The van der Waals surface area contributed by atoms with Crippen LogP contribution in [0.5, 0.6) is 11.5 Å². The minimum atomic E-state index is -2.18. The lowest BCUT2D eigenvalue weighted by Gasteiger charge is -2.38. The summed E-state index contributed by atoms with van der Waals surface area (Å²) in [5.74, 6) is -4.35. The van der Waals surface area contributed by atoms with Crippen LogP contribution < -0.4 is 31.6 Å². The molecule has 16 nitrogen and oxygen atoms in total. The highest BCUT2D eigenvalue weighted by molar-refractivity contribution is 7.99. The number of thioether (sulfide) groups is 1. The molecule has 0 spiro atoms. The van der Waals surface area contributed by atoms with E-state index in [9.17, 15) is 37.5 Å². The van der Waals surface area contributed by atoms with E-state index in [0.717, 1.165) is 78.1 Å². The van der Waals surface area contributed by atoms with Crippen LogP contribution in [0.15, 0.2) is 0 Å². The number of amides is 2. The number of nitrogens with one attached hydrogen (secondary N) is 2. The number of carboxylic acid groups (broad SMARTS) is 1. The largest absolute Gasteiger partial charge is 0.487 e. The first-order valence-corrected chi connectivity index (χ1v) is 24.7. The number of carboxylic acids is 1. The summed E-state index contributed by atoms with van der Waals surface area (Å²) in [5, 5.41) is 13.6. The number of fused-ring (bicyclic) bond motifs is 1. The van der Waals surface area contributed by atoms with Gasteiger partial charge in [0.25, 0.3) is 0 Å². The van der Waals surface area contributed by atoms with Gasteiger partial charge in [0.1, 0.15) is 35.6 Å². The second-order valence-corrected chi connectivity index (χ2v) is 20.0. The zero-order chi connectivity index (χ0) is 47.4. The highest BCUT2D eigenvalue weighted by Crippen LogP contribution is 2.45. The van der Waals surface area contributed by atoms with Gasteiger partial charge >= 0.3 is 23.9 Å². The molecular formula is C45H74N4O12S2. The molecule has 2 amide bonds. The minimum Gasteiger partial charge on any atom is -0.487 e. The molecule has 1 aromatic rings. The Morgan fingerprint density at radius 3 is 2.05 bits per heavy atom. The van der Waals surface area contributed by atoms with Crippen LogP contribution >= 0.6 is 11.8 Å². The number of aliphatic carboxylic acids is 1. The summed E-state index contributed by atoms with van der Waals surface area (Å²) in [6.07, 6.45) is 11.7. The molecule has 0 aromatic heterocycles. The fourth-order valence-corrected chi connectivity index (χ4v) is 8.85. The van der Waals surface area contributed by atoms with E-state index in [1.165, 1.54) is 38.5 Å². The summed E-state index contributed by atoms with van der Waals surface area (Å²) >= 11 is -1.18. The molecule has 8 N–H and O–H groups in total. The topological polar surface area (TPSA) is 264 Å². The maximum absolute atomic E-state index is 13.8. The van der Waals surface area contributed by atoms with Gasteiger partial charge < -0.3 is 46.0 Å². The predicted molar refractivity (Wildman–Crippen MR) is 245 cm³/mol. The standard InChI is InChI=1S/C45H74N4O12S2/c1-27(2)12-9-13-28(3)14-10-15-29(4)16-11-20-45(8)21-19-33-32(7)39(30(5)31(6)40(33)61-45)60-44(56)34(41(52)48-22-23-63(57)58)25-62-26-36(47)42(53)49-24-38(51)59-37(50)18-17-35(46)43(54)55/h27-29,34-36H,9-26,46-47H2,1-8H3,(H,48,52)(H,49,53)(H,54,55)(H,57,58)/t28?,29?,34?,35-,36-,45?/m0/s1. The summed E-state index contributed by atoms with van der Waals surface area (Å²) in [7, 11) is 0. The van der Waals surface area contributed by atoms with Crippen molar-refractivity contribution < 1.29 is 56.8 Å². The summed E-state index contributed by atoms with van der Waals surface area (Å²) in [5.41, 5.74) is 14.2. The van der Waals surface area contributed by atoms with E-state index in [4.69, 9.17) is 26.0 Å². The quantitative estimate of drug-likeness (QED) is 0.0253. The highest BCUT2D eigenvalue weighted by atomic mass is 32.2. The van der Waals surface area contributed by atoms with E-state index >= 15 is 0 Å². The first kappa shape index (κ1) is 55.6. The molecule has 1 aliphatic heterocycles. The molecule has 358 valence electrons. The summed E-state index contributed by atoms with van der Waals surface area (Å²) < 4.78 is 37.7. The maximum atomic E-state index is 13.8. The van der Waals surface area contributed by atoms with Crippen LogP contribution in [0.3, 0.4) is 0 Å². The first-order chi connectivity index (χ1) is 29.5. The lowest BCUT2D eigenvalue weighted by Crippen LogP contribution is -2.45. The molecule has 1 aliphatic rings. The lowest BCUT2D eigenvalue weighted by atomic mass is 9.83. The second kappa shape index (κ2) is 27.7. The first-order valence-electron chi connectivity index (χ1n) is 22.3. The van der Waals surface area contributed by atoms with Crippen molar-refractivity contribution in [1.29, 1.82) is 0 Å². The number of hydrogen-bond acceptors (Lipinski definition) is 13. The van der Waals surface area contributed by atoms with Crippen LogP contribution in [0.25, 0.3) is 0 Å². The third-order valence-electron chi connectivity index (χ3n) is 11.7. The second-order valence-electron chi connectivity index (χ2n) is 17.9. The molecular weight excluding hydrogens is 853 g/mol. The van der Waals surface area contributed by atoms with E-state index < -0.39 is 77.7 Å². The molecule has 5 unspecified atom stereocenters.